The van der Waals surface area contributed by atoms with Crippen molar-refractivity contribution in [2.45, 2.75) is 18.4 Å². The molecule has 158 valence electrons. The van der Waals surface area contributed by atoms with Crippen molar-refractivity contribution >= 4 is 27.3 Å². The lowest BCUT2D eigenvalue weighted by Gasteiger charge is -2.18. The molecule has 2 rings (SSSR count). The van der Waals surface area contributed by atoms with Gasteiger partial charge in [-0.25, -0.2) is 12.7 Å². The molecule has 7 nitrogen and oxygen atoms in total. The first-order chi connectivity index (χ1) is 13.6. The zero-order chi connectivity index (χ0) is 21.6. The van der Waals surface area contributed by atoms with Gasteiger partial charge in [-0.15, -0.1) is 0 Å². The van der Waals surface area contributed by atoms with Crippen molar-refractivity contribution in [1.82, 2.24) is 4.31 Å². The Morgan fingerprint density at radius 3 is 2.24 bits per heavy atom. The van der Waals surface area contributed by atoms with E-state index in [1.165, 1.54) is 31.8 Å². The maximum absolute atomic E-state index is 12.5. The smallest absolute Gasteiger partial charge is 0.279 e. The van der Waals surface area contributed by atoms with Gasteiger partial charge in [-0.1, -0.05) is 18.2 Å². The number of carbonyl (C=O) groups excluding carboxylic acids is 1. The van der Waals surface area contributed by atoms with Crippen LogP contribution in [-0.2, 0) is 21.4 Å². The molecule has 2 aromatic carbocycles. The summed E-state index contributed by atoms with van der Waals surface area (Å²) in [6.07, 6.45) is 0. The van der Waals surface area contributed by atoms with Gasteiger partial charge in [0.1, 0.15) is 6.54 Å². The standard InChI is InChI=1S/C21H30N4O3S/c1-6-25(15-17-10-12-19(13-11-17)23(2)3)16-21(26)22-18-8-7-9-20(14-18)29(27,28)24(4)5/h7-14H,6,15-16H2,1-5H3,(H,22,26)/p+1. The quantitative estimate of drug-likeness (QED) is 0.637. The van der Waals surface area contributed by atoms with Crippen LogP contribution in [0.3, 0.4) is 0 Å². The highest BCUT2D eigenvalue weighted by Gasteiger charge is 2.18. The first kappa shape index (κ1) is 22.9. The van der Waals surface area contributed by atoms with Gasteiger partial charge in [0, 0.05) is 45.1 Å². The molecule has 0 fully saturated rings. The Kier molecular flexibility index (Phi) is 7.78. The fourth-order valence-corrected chi connectivity index (χ4v) is 3.84. The second-order valence-corrected chi connectivity index (χ2v) is 9.53. The molecule has 8 heteroatoms. The van der Waals surface area contributed by atoms with E-state index < -0.39 is 10.0 Å². The number of hydrogen-bond acceptors (Lipinski definition) is 4. The number of sulfonamides is 1. The molecule has 0 saturated heterocycles. The minimum Gasteiger partial charge on any atom is -0.378 e. The molecule has 0 aromatic heterocycles. The van der Waals surface area contributed by atoms with Gasteiger partial charge in [-0.3, -0.25) is 4.79 Å². The van der Waals surface area contributed by atoms with Gasteiger partial charge in [0.25, 0.3) is 5.91 Å². The summed E-state index contributed by atoms with van der Waals surface area (Å²) in [5.74, 6) is -0.147. The van der Waals surface area contributed by atoms with Gasteiger partial charge >= 0.3 is 0 Å². The SMILES string of the molecule is CC[NH+](CC(=O)Nc1cccc(S(=O)(=O)N(C)C)c1)Cc1ccc(N(C)C)cc1. The van der Waals surface area contributed by atoms with Crippen molar-refractivity contribution < 1.29 is 18.1 Å². The van der Waals surface area contributed by atoms with Crippen molar-refractivity contribution in [2.24, 2.45) is 0 Å². The highest BCUT2D eigenvalue weighted by Crippen LogP contribution is 2.17. The van der Waals surface area contributed by atoms with Gasteiger partial charge in [0.05, 0.1) is 11.4 Å². The van der Waals surface area contributed by atoms with Crippen LogP contribution in [0.15, 0.2) is 53.4 Å². The largest absolute Gasteiger partial charge is 0.378 e. The Bertz CT molecular complexity index is 925. The number of hydrogen-bond donors (Lipinski definition) is 2. The Morgan fingerprint density at radius 1 is 1.03 bits per heavy atom. The Balaban J connectivity index is 2.01. The van der Waals surface area contributed by atoms with Crippen molar-refractivity contribution in [3.63, 3.8) is 0 Å². The van der Waals surface area contributed by atoms with Crippen LogP contribution >= 0.6 is 0 Å². The molecule has 1 unspecified atom stereocenters. The maximum Gasteiger partial charge on any atom is 0.279 e. The van der Waals surface area contributed by atoms with Crippen LogP contribution in [0, 0.1) is 0 Å². The van der Waals surface area contributed by atoms with E-state index in [9.17, 15) is 13.2 Å². The number of quaternary nitrogens is 1. The molecular weight excluding hydrogens is 388 g/mol. The third-order valence-corrected chi connectivity index (χ3v) is 6.52. The summed E-state index contributed by atoms with van der Waals surface area (Å²) in [7, 11) is 3.42. The Morgan fingerprint density at radius 2 is 1.69 bits per heavy atom. The van der Waals surface area contributed by atoms with Gasteiger partial charge in [0.15, 0.2) is 6.54 Å². The molecule has 0 saturated carbocycles. The predicted octanol–water partition coefficient (Wildman–Crippen LogP) is 1.05. The molecule has 0 aliphatic rings. The Hall–Kier alpha value is -2.42. The molecule has 29 heavy (non-hydrogen) atoms. The monoisotopic (exact) mass is 419 g/mol. The van der Waals surface area contributed by atoms with Crippen LogP contribution in [0.5, 0.6) is 0 Å². The second kappa shape index (κ2) is 9.87. The zero-order valence-corrected chi connectivity index (χ0v) is 18.6. The summed E-state index contributed by atoms with van der Waals surface area (Å²) in [5.41, 5.74) is 2.78. The lowest BCUT2D eigenvalue weighted by Crippen LogP contribution is -3.11. The van der Waals surface area contributed by atoms with Crippen LogP contribution in [0.25, 0.3) is 0 Å². The van der Waals surface area contributed by atoms with Gasteiger partial charge in [-0.2, -0.15) is 0 Å². The molecule has 2 aromatic rings. The van der Waals surface area contributed by atoms with Crippen molar-refractivity contribution in [3.8, 4) is 0 Å². The number of benzene rings is 2. The van der Waals surface area contributed by atoms with E-state index in [2.05, 4.69) is 29.6 Å². The number of anilines is 2. The zero-order valence-electron chi connectivity index (χ0n) is 17.8. The molecule has 1 atom stereocenters. The lowest BCUT2D eigenvalue weighted by atomic mass is 10.2. The first-order valence-electron chi connectivity index (χ1n) is 9.55. The minimum absolute atomic E-state index is 0.147. The average molecular weight is 420 g/mol. The summed E-state index contributed by atoms with van der Waals surface area (Å²) < 4.78 is 25.7. The number of nitrogens with zero attached hydrogens (tertiary/aromatic N) is 2. The topological polar surface area (TPSA) is 74.2 Å². The van der Waals surface area contributed by atoms with Crippen LogP contribution in [0.4, 0.5) is 11.4 Å². The van der Waals surface area contributed by atoms with E-state index in [1.54, 1.807) is 12.1 Å². The van der Waals surface area contributed by atoms with Crippen molar-refractivity contribution in [2.75, 3.05) is 51.5 Å². The summed E-state index contributed by atoms with van der Waals surface area (Å²) in [6.45, 7) is 3.89. The van der Waals surface area contributed by atoms with Crippen molar-refractivity contribution in [3.05, 3.63) is 54.1 Å². The summed E-state index contributed by atoms with van der Waals surface area (Å²) in [5, 5.41) is 2.82. The molecule has 0 heterocycles. The molecular formula is C21H31N4O3S+. The summed E-state index contributed by atoms with van der Waals surface area (Å²) in [6, 6.07) is 14.6. The predicted molar refractivity (Wildman–Crippen MR) is 117 cm³/mol. The normalized spacial score (nSPS) is 12.6. The molecule has 0 spiro atoms. The molecule has 2 N–H and O–H groups in total. The molecule has 0 aliphatic heterocycles. The molecule has 1 amide bonds. The van der Waals surface area contributed by atoms with E-state index in [0.717, 1.165) is 28.0 Å². The van der Waals surface area contributed by atoms with Crippen LogP contribution < -0.4 is 15.1 Å². The second-order valence-electron chi connectivity index (χ2n) is 7.38. The fraction of sp³-hybridized carbons (Fsp3) is 0.381. The molecule has 0 radical (unpaired) electrons. The summed E-state index contributed by atoms with van der Waals surface area (Å²) >= 11 is 0. The van der Waals surface area contributed by atoms with Gasteiger partial charge in [0.2, 0.25) is 10.0 Å². The number of amides is 1. The van der Waals surface area contributed by atoms with Crippen LogP contribution in [-0.4, -0.2) is 59.9 Å². The van der Waals surface area contributed by atoms with E-state index in [0.29, 0.717) is 12.2 Å². The third kappa shape index (κ3) is 6.28. The maximum atomic E-state index is 12.5. The minimum atomic E-state index is -3.54. The summed E-state index contributed by atoms with van der Waals surface area (Å²) in [4.78, 5) is 15.8. The average Bonchev–Trinajstić information content (AvgIpc) is 2.67. The fourth-order valence-electron chi connectivity index (χ4n) is 2.89. The number of nitrogens with one attached hydrogen (secondary N) is 2. The third-order valence-electron chi connectivity index (χ3n) is 4.71. The lowest BCUT2D eigenvalue weighted by molar-refractivity contribution is -0.903. The highest BCUT2D eigenvalue weighted by molar-refractivity contribution is 7.89. The van der Waals surface area contributed by atoms with E-state index in [-0.39, 0.29) is 10.8 Å². The number of likely N-dealkylation sites (N-methyl/N-ethyl adjacent to an activating group) is 1. The number of rotatable bonds is 9. The van der Waals surface area contributed by atoms with Crippen molar-refractivity contribution in [1.29, 1.82) is 0 Å². The van der Waals surface area contributed by atoms with Crippen LogP contribution in [0.2, 0.25) is 0 Å². The van der Waals surface area contributed by atoms with E-state index >= 15 is 0 Å². The highest BCUT2D eigenvalue weighted by atomic mass is 32.2. The molecule has 0 bridgehead atoms. The molecule has 0 aliphatic carbocycles. The Labute approximate surface area is 174 Å². The van der Waals surface area contributed by atoms with Gasteiger partial charge < -0.3 is 15.1 Å². The van der Waals surface area contributed by atoms with E-state index in [1.807, 2.05) is 25.9 Å². The van der Waals surface area contributed by atoms with E-state index in [4.69, 9.17) is 0 Å². The van der Waals surface area contributed by atoms with Crippen LogP contribution in [0.1, 0.15) is 12.5 Å². The van der Waals surface area contributed by atoms with Gasteiger partial charge in [-0.05, 0) is 37.3 Å². The number of carbonyl (C=O) groups is 1. The first-order valence-corrected chi connectivity index (χ1v) is 11.0.